The lowest BCUT2D eigenvalue weighted by Gasteiger charge is -2.06. The van der Waals surface area contributed by atoms with Crippen LogP contribution in [0, 0.1) is 0 Å². The number of fused-ring (bicyclic) bond motifs is 1. The number of aromatic nitrogens is 1. The maximum Gasteiger partial charge on any atom is 0.0500 e. The van der Waals surface area contributed by atoms with Gasteiger partial charge in [-0.2, -0.15) is 0 Å². The summed E-state index contributed by atoms with van der Waals surface area (Å²) in [5.74, 6) is 0. The molecule has 2 aromatic carbocycles. The second-order valence-electron chi connectivity index (χ2n) is 4.35. The molecule has 0 unspecified atom stereocenters. The lowest BCUT2D eigenvalue weighted by atomic mass is 10.0. The summed E-state index contributed by atoms with van der Waals surface area (Å²) in [7, 11) is 0. The zero-order valence-electron chi connectivity index (χ0n) is 10.1. The first-order valence-electron chi connectivity index (χ1n) is 5.96. The van der Waals surface area contributed by atoms with Gasteiger partial charge in [0, 0.05) is 44.3 Å². The molecule has 0 saturated heterocycles. The molecule has 0 aliphatic rings. The van der Waals surface area contributed by atoms with E-state index in [1.54, 1.807) is 6.07 Å². The fourth-order valence-electron chi connectivity index (χ4n) is 2.35. The number of H-pyrrole nitrogens is 1. The van der Waals surface area contributed by atoms with E-state index in [0.29, 0.717) is 16.6 Å². The summed E-state index contributed by atoms with van der Waals surface area (Å²) in [6, 6.07) is 13.6. The average molecular weight is 291 g/mol. The zero-order chi connectivity index (χ0) is 13.4. The number of hydrogen-bond acceptors (Lipinski definition) is 1. The number of halogens is 2. The van der Waals surface area contributed by atoms with Crippen LogP contribution < -0.4 is 5.73 Å². The highest BCUT2D eigenvalue weighted by Crippen LogP contribution is 2.37. The fourth-order valence-corrected chi connectivity index (χ4v) is 2.85. The minimum Gasteiger partial charge on any atom is -0.357 e. The van der Waals surface area contributed by atoms with Gasteiger partial charge in [-0.15, -0.1) is 0 Å². The van der Waals surface area contributed by atoms with E-state index in [2.05, 4.69) is 11.1 Å². The van der Waals surface area contributed by atoms with Crippen LogP contribution in [0.25, 0.3) is 22.0 Å². The summed E-state index contributed by atoms with van der Waals surface area (Å²) >= 11 is 12.3. The molecule has 0 spiro atoms. The smallest absolute Gasteiger partial charge is 0.0500 e. The third-order valence-corrected chi connectivity index (χ3v) is 3.74. The van der Waals surface area contributed by atoms with Gasteiger partial charge in [-0.25, -0.2) is 0 Å². The Morgan fingerprint density at radius 1 is 1.05 bits per heavy atom. The largest absolute Gasteiger partial charge is 0.357 e. The van der Waals surface area contributed by atoms with E-state index in [0.717, 1.165) is 27.7 Å². The lowest BCUT2D eigenvalue weighted by Crippen LogP contribution is -1.98. The maximum absolute atomic E-state index is 6.31. The molecule has 3 aromatic rings. The third-order valence-electron chi connectivity index (χ3n) is 3.19. The predicted molar refractivity (Wildman–Crippen MR) is 81.6 cm³/mol. The summed E-state index contributed by atoms with van der Waals surface area (Å²) in [6.45, 7) is 0.434. The minimum absolute atomic E-state index is 0.434. The molecule has 0 aliphatic carbocycles. The Hall–Kier alpha value is -1.48. The standard InChI is InChI=1S/C15H12Cl2N2/c16-9-5-6-10(12(17)7-9)15-11-3-1-2-4-13(11)19-14(15)8-18/h1-7,19H,8,18H2. The molecule has 96 valence electrons. The maximum atomic E-state index is 6.31. The van der Waals surface area contributed by atoms with Gasteiger partial charge in [-0.1, -0.05) is 47.5 Å². The normalized spacial score (nSPS) is 11.1. The number of hydrogen-bond donors (Lipinski definition) is 2. The van der Waals surface area contributed by atoms with Gasteiger partial charge in [0.1, 0.15) is 0 Å². The van der Waals surface area contributed by atoms with Crippen LogP contribution in [0.15, 0.2) is 42.5 Å². The number of nitrogens with two attached hydrogens (primary N) is 1. The average Bonchev–Trinajstić information content (AvgIpc) is 2.77. The van der Waals surface area contributed by atoms with Crippen molar-refractivity contribution in [2.24, 2.45) is 5.73 Å². The number of para-hydroxylation sites is 1. The summed E-state index contributed by atoms with van der Waals surface area (Å²) in [4.78, 5) is 3.34. The monoisotopic (exact) mass is 290 g/mol. The summed E-state index contributed by atoms with van der Waals surface area (Å²) in [6.07, 6.45) is 0. The summed E-state index contributed by atoms with van der Waals surface area (Å²) in [5, 5.41) is 2.38. The van der Waals surface area contributed by atoms with E-state index in [1.165, 1.54) is 0 Å². The predicted octanol–water partition coefficient (Wildman–Crippen LogP) is 4.60. The molecular weight excluding hydrogens is 279 g/mol. The van der Waals surface area contributed by atoms with Crippen molar-refractivity contribution in [1.29, 1.82) is 0 Å². The Labute approximate surface area is 121 Å². The molecule has 0 amide bonds. The first-order chi connectivity index (χ1) is 9.20. The molecule has 0 saturated carbocycles. The lowest BCUT2D eigenvalue weighted by molar-refractivity contribution is 1.02. The summed E-state index contributed by atoms with van der Waals surface area (Å²) < 4.78 is 0. The molecule has 3 rings (SSSR count). The second kappa shape index (κ2) is 4.89. The van der Waals surface area contributed by atoms with Gasteiger partial charge < -0.3 is 10.7 Å². The molecule has 3 N–H and O–H groups in total. The Balaban J connectivity index is 2.34. The minimum atomic E-state index is 0.434. The van der Waals surface area contributed by atoms with Crippen LogP contribution in [-0.2, 0) is 6.54 Å². The summed E-state index contributed by atoms with van der Waals surface area (Å²) in [5.41, 5.74) is 9.87. The van der Waals surface area contributed by atoms with Crippen LogP contribution in [0.5, 0.6) is 0 Å². The topological polar surface area (TPSA) is 41.8 Å². The highest BCUT2D eigenvalue weighted by atomic mass is 35.5. The Morgan fingerprint density at radius 2 is 1.84 bits per heavy atom. The van der Waals surface area contributed by atoms with Crippen LogP contribution in [0.1, 0.15) is 5.69 Å². The molecule has 1 aromatic heterocycles. The van der Waals surface area contributed by atoms with Gasteiger partial charge in [0.15, 0.2) is 0 Å². The van der Waals surface area contributed by atoms with E-state index in [-0.39, 0.29) is 0 Å². The molecule has 0 aliphatic heterocycles. The SMILES string of the molecule is NCc1[nH]c2ccccc2c1-c1ccc(Cl)cc1Cl. The first kappa shape index (κ1) is 12.5. The Kier molecular flexibility index (Phi) is 3.23. The van der Waals surface area contributed by atoms with Crippen molar-refractivity contribution in [1.82, 2.24) is 4.98 Å². The van der Waals surface area contributed by atoms with E-state index in [4.69, 9.17) is 28.9 Å². The van der Waals surface area contributed by atoms with Crippen molar-refractivity contribution in [3.63, 3.8) is 0 Å². The van der Waals surface area contributed by atoms with Gasteiger partial charge in [-0.05, 0) is 18.2 Å². The molecule has 0 fully saturated rings. The van der Waals surface area contributed by atoms with Crippen LogP contribution in [0.2, 0.25) is 10.0 Å². The number of rotatable bonds is 2. The molecule has 1 heterocycles. The Morgan fingerprint density at radius 3 is 2.58 bits per heavy atom. The number of aromatic amines is 1. The molecule has 19 heavy (non-hydrogen) atoms. The highest BCUT2D eigenvalue weighted by molar-refractivity contribution is 6.36. The molecule has 0 radical (unpaired) electrons. The van der Waals surface area contributed by atoms with Gasteiger partial charge in [0.05, 0.1) is 0 Å². The Bertz CT molecular complexity index is 747. The fraction of sp³-hybridized carbons (Fsp3) is 0.0667. The van der Waals surface area contributed by atoms with Crippen LogP contribution in [0.3, 0.4) is 0 Å². The molecule has 0 bridgehead atoms. The highest BCUT2D eigenvalue weighted by Gasteiger charge is 2.14. The van der Waals surface area contributed by atoms with E-state index in [1.807, 2.05) is 30.3 Å². The second-order valence-corrected chi connectivity index (χ2v) is 5.20. The molecule has 0 atom stereocenters. The van der Waals surface area contributed by atoms with Gasteiger partial charge in [0.2, 0.25) is 0 Å². The van der Waals surface area contributed by atoms with Crippen molar-refractivity contribution in [3.8, 4) is 11.1 Å². The zero-order valence-corrected chi connectivity index (χ0v) is 11.6. The van der Waals surface area contributed by atoms with Crippen molar-refractivity contribution >= 4 is 34.1 Å². The third kappa shape index (κ3) is 2.12. The van der Waals surface area contributed by atoms with Crippen molar-refractivity contribution in [3.05, 3.63) is 58.2 Å². The van der Waals surface area contributed by atoms with E-state index < -0.39 is 0 Å². The van der Waals surface area contributed by atoms with E-state index in [9.17, 15) is 0 Å². The van der Waals surface area contributed by atoms with Gasteiger partial charge in [0.25, 0.3) is 0 Å². The van der Waals surface area contributed by atoms with Crippen molar-refractivity contribution < 1.29 is 0 Å². The molecule has 2 nitrogen and oxygen atoms in total. The van der Waals surface area contributed by atoms with E-state index >= 15 is 0 Å². The first-order valence-corrected chi connectivity index (χ1v) is 6.71. The van der Waals surface area contributed by atoms with Crippen LogP contribution in [0.4, 0.5) is 0 Å². The van der Waals surface area contributed by atoms with Crippen LogP contribution >= 0.6 is 23.2 Å². The van der Waals surface area contributed by atoms with Crippen molar-refractivity contribution in [2.45, 2.75) is 6.54 Å². The molecular formula is C15H12Cl2N2. The van der Waals surface area contributed by atoms with Crippen LogP contribution in [-0.4, -0.2) is 4.98 Å². The van der Waals surface area contributed by atoms with Crippen molar-refractivity contribution in [2.75, 3.05) is 0 Å². The van der Waals surface area contributed by atoms with Gasteiger partial charge in [-0.3, -0.25) is 0 Å². The number of benzene rings is 2. The quantitative estimate of drug-likeness (QED) is 0.711. The van der Waals surface area contributed by atoms with Gasteiger partial charge >= 0.3 is 0 Å². The number of nitrogens with one attached hydrogen (secondary N) is 1. The molecule has 4 heteroatoms.